The number of aldehydes is 1. The van der Waals surface area contributed by atoms with E-state index in [0.717, 1.165) is 11.8 Å². The molecule has 0 spiro atoms. The van der Waals surface area contributed by atoms with Gasteiger partial charge < -0.3 is 9.22 Å². The van der Waals surface area contributed by atoms with Crippen molar-refractivity contribution in [1.82, 2.24) is 0 Å². The molecule has 0 aliphatic heterocycles. The molecule has 1 atom stereocenters. The zero-order valence-corrected chi connectivity index (χ0v) is 19.6. The van der Waals surface area contributed by atoms with Crippen LogP contribution in [0.15, 0.2) is 84.9 Å². The molecule has 3 rings (SSSR count). The summed E-state index contributed by atoms with van der Waals surface area (Å²) in [6.45, 7) is 7.12. The predicted octanol–water partition coefficient (Wildman–Crippen LogP) is 5.27. The minimum Gasteiger partial charge on any atom is -0.407 e. The molecule has 30 heavy (non-hydrogen) atoms. The first-order valence-electron chi connectivity index (χ1n) is 10.3. The van der Waals surface area contributed by atoms with Crippen LogP contribution >= 0.6 is 11.6 Å². The lowest BCUT2D eigenvalue weighted by Gasteiger charge is -2.43. The Morgan fingerprint density at radius 3 is 1.80 bits per heavy atom. The van der Waals surface area contributed by atoms with E-state index < -0.39 is 8.32 Å². The summed E-state index contributed by atoms with van der Waals surface area (Å²) >= 11 is 6.00. The van der Waals surface area contributed by atoms with Crippen LogP contribution in [0.5, 0.6) is 0 Å². The first kappa shape index (κ1) is 22.5. The quantitative estimate of drug-likeness (QED) is 0.355. The maximum atomic E-state index is 11.9. The molecule has 0 amide bonds. The standard InChI is InChI=1S/C26H29ClO2Si/c1-26(2,3)30(24-10-6-4-7-11-24,25-12-8-5-9-13-25)29-20-22(19-28)18-21-14-16-23(27)17-15-21/h4-17,19,22H,18,20H2,1-3H3. The second kappa shape index (κ2) is 9.74. The number of benzene rings is 3. The van der Waals surface area contributed by atoms with E-state index in [9.17, 15) is 4.79 Å². The molecule has 0 radical (unpaired) electrons. The Kier molecular flexibility index (Phi) is 7.30. The van der Waals surface area contributed by atoms with E-state index in [0.29, 0.717) is 18.1 Å². The summed E-state index contributed by atoms with van der Waals surface area (Å²) < 4.78 is 6.90. The molecular formula is C26H29ClO2Si. The summed E-state index contributed by atoms with van der Waals surface area (Å²) in [5.74, 6) is -0.215. The van der Waals surface area contributed by atoms with Gasteiger partial charge in [0.15, 0.2) is 0 Å². The maximum absolute atomic E-state index is 11.9. The fourth-order valence-corrected chi connectivity index (χ4v) is 8.81. The van der Waals surface area contributed by atoms with E-state index in [2.05, 4.69) is 69.3 Å². The van der Waals surface area contributed by atoms with Crippen LogP contribution in [0.3, 0.4) is 0 Å². The molecule has 2 nitrogen and oxygen atoms in total. The lowest BCUT2D eigenvalue weighted by Crippen LogP contribution is -2.67. The second-order valence-electron chi connectivity index (χ2n) is 8.70. The molecule has 0 aliphatic carbocycles. The third-order valence-electron chi connectivity index (χ3n) is 5.53. The summed E-state index contributed by atoms with van der Waals surface area (Å²) in [5, 5.41) is 3.04. The lowest BCUT2D eigenvalue weighted by molar-refractivity contribution is -0.111. The molecule has 0 saturated heterocycles. The first-order valence-corrected chi connectivity index (χ1v) is 12.6. The van der Waals surface area contributed by atoms with Gasteiger partial charge in [-0.15, -0.1) is 0 Å². The Morgan fingerprint density at radius 2 is 1.37 bits per heavy atom. The summed E-state index contributed by atoms with van der Waals surface area (Å²) in [6.07, 6.45) is 1.66. The van der Waals surface area contributed by atoms with E-state index >= 15 is 0 Å². The number of carbonyl (C=O) groups is 1. The molecule has 156 valence electrons. The first-order chi connectivity index (χ1) is 14.4. The van der Waals surface area contributed by atoms with Gasteiger partial charge in [-0.3, -0.25) is 0 Å². The van der Waals surface area contributed by atoms with Gasteiger partial charge in [0.25, 0.3) is 8.32 Å². The Bertz CT molecular complexity index is 895. The van der Waals surface area contributed by atoms with E-state index in [1.54, 1.807) is 0 Å². The van der Waals surface area contributed by atoms with Crippen LogP contribution in [0.25, 0.3) is 0 Å². The minimum absolute atomic E-state index is 0.108. The highest BCUT2D eigenvalue weighted by Crippen LogP contribution is 2.37. The van der Waals surface area contributed by atoms with Crippen molar-refractivity contribution in [2.24, 2.45) is 5.92 Å². The van der Waals surface area contributed by atoms with Crippen LogP contribution in [-0.4, -0.2) is 21.2 Å². The Morgan fingerprint density at radius 1 is 0.867 bits per heavy atom. The van der Waals surface area contributed by atoms with Gasteiger partial charge in [-0.2, -0.15) is 0 Å². The van der Waals surface area contributed by atoms with Crippen molar-refractivity contribution in [2.75, 3.05) is 6.61 Å². The number of carbonyl (C=O) groups excluding carboxylic acids is 1. The third kappa shape index (κ3) is 4.92. The minimum atomic E-state index is -2.63. The number of hydrogen-bond donors (Lipinski definition) is 0. The van der Waals surface area contributed by atoms with Crippen LogP contribution in [-0.2, 0) is 15.6 Å². The van der Waals surface area contributed by atoms with E-state index in [-0.39, 0.29) is 11.0 Å². The Labute approximate surface area is 186 Å². The molecule has 3 aromatic carbocycles. The van der Waals surface area contributed by atoms with E-state index in [1.165, 1.54) is 10.4 Å². The highest BCUT2D eigenvalue weighted by molar-refractivity contribution is 6.99. The molecule has 0 heterocycles. The van der Waals surface area contributed by atoms with Crippen molar-refractivity contribution in [3.8, 4) is 0 Å². The molecule has 3 aromatic rings. The van der Waals surface area contributed by atoms with Crippen molar-refractivity contribution < 1.29 is 9.22 Å². The zero-order chi connectivity index (χ0) is 21.6. The molecule has 4 heteroatoms. The fraction of sp³-hybridized carbons (Fsp3) is 0.269. The highest BCUT2D eigenvalue weighted by atomic mass is 35.5. The van der Waals surface area contributed by atoms with Crippen molar-refractivity contribution >= 4 is 36.6 Å². The van der Waals surface area contributed by atoms with E-state index in [1.807, 2.05) is 36.4 Å². The molecule has 0 aliphatic rings. The highest BCUT2D eigenvalue weighted by Gasteiger charge is 2.50. The SMILES string of the molecule is CC(C)(C)[Si](OCC(C=O)Cc1ccc(Cl)cc1)(c1ccccc1)c1ccccc1. The molecule has 0 saturated carbocycles. The molecule has 0 fully saturated rings. The summed E-state index contributed by atoms with van der Waals surface area (Å²) in [4.78, 5) is 11.9. The molecule has 0 bridgehead atoms. The van der Waals surface area contributed by atoms with Crippen LogP contribution in [0.4, 0.5) is 0 Å². The fourth-order valence-electron chi connectivity index (χ4n) is 4.06. The van der Waals surface area contributed by atoms with E-state index in [4.69, 9.17) is 16.0 Å². The van der Waals surface area contributed by atoms with Gasteiger partial charge in [-0.05, 0) is 39.5 Å². The topological polar surface area (TPSA) is 26.3 Å². The van der Waals surface area contributed by atoms with Gasteiger partial charge in [-0.25, -0.2) is 0 Å². The number of halogens is 1. The van der Waals surface area contributed by atoms with Gasteiger partial charge in [0.2, 0.25) is 0 Å². The monoisotopic (exact) mass is 436 g/mol. The van der Waals surface area contributed by atoms with Crippen molar-refractivity contribution in [3.63, 3.8) is 0 Å². The molecule has 0 aromatic heterocycles. The Balaban J connectivity index is 1.96. The van der Waals surface area contributed by atoms with Gasteiger partial charge in [0, 0.05) is 17.5 Å². The lowest BCUT2D eigenvalue weighted by atomic mass is 10.0. The van der Waals surface area contributed by atoms with Gasteiger partial charge in [-0.1, -0.05) is 105 Å². The Hall–Kier alpha value is -2.20. The predicted molar refractivity (Wildman–Crippen MR) is 128 cm³/mol. The third-order valence-corrected chi connectivity index (χ3v) is 10.8. The van der Waals surface area contributed by atoms with Crippen molar-refractivity contribution in [3.05, 3.63) is 95.5 Å². The second-order valence-corrected chi connectivity index (χ2v) is 13.4. The molecule has 0 N–H and O–H groups in total. The zero-order valence-electron chi connectivity index (χ0n) is 17.8. The smallest absolute Gasteiger partial charge is 0.261 e. The van der Waals surface area contributed by atoms with Gasteiger partial charge >= 0.3 is 0 Å². The summed E-state index contributed by atoms with van der Waals surface area (Å²) in [5.41, 5.74) is 1.09. The normalized spacial score (nSPS) is 13.1. The van der Waals surface area contributed by atoms with Crippen molar-refractivity contribution in [1.29, 1.82) is 0 Å². The summed E-state index contributed by atoms with van der Waals surface area (Å²) in [6, 6.07) is 28.7. The van der Waals surface area contributed by atoms with Crippen LogP contribution < -0.4 is 10.4 Å². The van der Waals surface area contributed by atoms with Gasteiger partial charge in [0.05, 0.1) is 0 Å². The van der Waals surface area contributed by atoms with Crippen LogP contribution in [0.1, 0.15) is 26.3 Å². The van der Waals surface area contributed by atoms with Crippen molar-refractivity contribution in [2.45, 2.75) is 32.2 Å². The largest absolute Gasteiger partial charge is 0.407 e. The number of rotatable bonds is 8. The van der Waals surface area contributed by atoms with Gasteiger partial charge in [0.1, 0.15) is 6.29 Å². The maximum Gasteiger partial charge on any atom is 0.261 e. The van der Waals surface area contributed by atoms with Crippen LogP contribution in [0.2, 0.25) is 10.1 Å². The number of hydrogen-bond acceptors (Lipinski definition) is 2. The van der Waals surface area contributed by atoms with Crippen LogP contribution in [0, 0.1) is 5.92 Å². The molecular weight excluding hydrogens is 408 g/mol. The average molecular weight is 437 g/mol. The molecule has 1 unspecified atom stereocenters. The summed E-state index contributed by atoms with van der Waals surface area (Å²) in [7, 11) is -2.63. The average Bonchev–Trinajstić information content (AvgIpc) is 2.75.